The Morgan fingerprint density at radius 2 is 2.20 bits per heavy atom. The second-order valence-electron chi connectivity index (χ2n) is 4.04. The molecule has 6 heteroatoms. The summed E-state index contributed by atoms with van der Waals surface area (Å²) >= 11 is 1.37. The average Bonchev–Trinajstić information content (AvgIpc) is 2.80. The van der Waals surface area contributed by atoms with E-state index >= 15 is 0 Å². The Bertz CT molecular complexity index is 552. The summed E-state index contributed by atoms with van der Waals surface area (Å²) in [5, 5.41) is 11.0. The highest BCUT2D eigenvalue weighted by Gasteiger charge is 2.28. The lowest BCUT2D eigenvalue weighted by Gasteiger charge is -1.98. The molecule has 1 aromatic carbocycles. The zero-order valence-corrected chi connectivity index (χ0v) is 11.9. The molecule has 0 bridgehead atoms. The zero-order valence-electron chi connectivity index (χ0n) is 11.1. The Kier molecular flexibility index (Phi) is 4.95. The lowest BCUT2D eigenvalue weighted by atomic mass is 10.2. The molecule has 0 spiro atoms. The molecule has 1 aliphatic heterocycles. The number of carbonyl (C=O) groups is 1. The van der Waals surface area contributed by atoms with Crippen molar-refractivity contribution >= 4 is 29.1 Å². The first-order valence-electron chi connectivity index (χ1n) is 6.06. The van der Waals surface area contributed by atoms with Crippen LogP contribution in [0.4, 0.5) is 0 Å². The number of benzene rings is 1. The van der Waals surface area contributed by atoms with E-state index in [-0.39, 0.29) is 11.2 Å². The van der Waals surface area contributed by atoms with Crippen LogP contribution in [0.5, 0.6) is 5.75 Å². The maximum absolute atomic E-state index is 11.6. The fourth-order valence-corrected chi connectivity index (χ4v) is 2.52. The molecule has 1 aliphatic rings. The van der Waals surface area contributed by atoms with Crippen LogP contribution in [0.25, 0.3) is 0 Å². The molecule has 0 unspecified atom stereocenters. The van der Waals surface area contributed by atoms with E-state index in [1.807, 2.05) is 24.3 Å². The summed E-state index contributed by atoms with van der Waals surface area (Å²) < 4.78 is 5.07. The van der Waals surface area contributed by atoms with E-state index in [0.717, 1.165) is 11.3 Å². The Morgan fingerprint density at radius 3 is 2.85 bits per heavy atom. The molecule has 1 amide bonds. The van der Waals surface area contributed by atoms with E-state index in [4.69, 9.17) is 4.74 Å². The molecule has 0 saturated carbocycles. The molecule has 104 valence electrons. The number of nitrogens with one attached hydrogen (secondary N) is 1. The van der Waals surface area contributed by atoms with Gasteiger partial charge in [-0.05, 0) is 36.2 Å². The second-order valence-corrected chi connectivity index (χ2v) is 5.23. The van der Waals surface area contributed by atoms with Crippen molar-refractivity contribution in [1.82, 2.24) is 5.32 Å². The standard InChI is InChI=1S/C14H15N3O2S/c1-3-4-12-13(18)16-14(20-12)17-15-9-10-5-7-11(19-2)8-6-10/h3,5-9,12H,1,4H2,2H3,(H,16,17,18)/t12-/m1/s1. The lowest BCUT2D eigenvalue weighted by molar-refractivity contribution is -0.118. The maximum Gasteiger partial charge on any atom is 0.239 e. The minimum Gasteiger partial charge on any atom is -0.497 e. The fraction of sp³-hybridized carbons (Fsp3) is 0.214. The minimum atomic E-state index is -0.151. The molecule has 1 heterocycles. The highest BCUT2D eigenvalue weighted by atomic mass is 32.2. The molecule has 1 fully saturated rings. The van der Waals surface area contributed by atoms with Crippen molar-refractivity contribution in [3.05, 3.63) is 42.5 Å². The Morgan fingerprint density at radius 1 is 1.45 bits per heavy atom. The van der Waals surface area contributed by atoms with Crippen LogP contribution >= 0.6 is 11.8 Å². The van der Waals surface area contributed by atoms with Crippen molar-refractivity contribution < 1.29 is 9.53 Å². The average molecular weight is 289 g/mol. The number of amidine groups is 1. The predicted octanol–water partition coefficient (Wildman–Crippen LogP) is 2.19. The van der Waals surface area contributed by atoms with E-state index in [9.17, 15) is 4.79 Å². The van der Waals surface area contributed by atoms with Gasteiger partial charge in [0.15, 0.2) is 5.17 Å². The number of thioether (sulfide) groups is 1. The summed E-state index contributed by atoms with van der Waals surface area (Å²) in [4.78, 5) is 11.6. The Labute approximate surface area is 121 Å². The third kappa shape index (κ3) is 3.71. The molecule has 1 atom stereocenters. The number of carbonyl (C=O) groups excluding carboxylic acids is 1. The molecular formula is C14H15N3O2S. The van der Waals surface area contributed by atoms with Crippen molar-refractivity contribution in [2.75, 3.05) is 7.11 Å². The molecule has 1 N–H and O–H groups in total. The van der Waals surface area contributed by atoms with Crippen LogP contribution in [0, 0.1) is 0 Å². The quantitative estimate of drug-likeness (QED) is 0.513. The number of hydrogen-bond acceptors (Lipinski definition) is 5. The molecule has 0 aromatic heterocycles. The Hall–Kier alpha value is -2.08. The topological polar surface area (TPSA) is 63.1 Å². The van der Waals surface area contributed by atoms with Crippen molar-refractivity contribution in [3.8, 4) is 5.75 Å². The largest absolute Gasteiger partial charge is 0.497 e. The third-order valence-corrected chi connectivity index (χ3v) is 3.73. The van der Waals surface area contributed by atoms with Gasteiger partial charge < -0.3 is 10.1 Å². The molecule has 0 radical (unpaired) electrons. The van der Waals surface area contributed by atoms with Gasteiger partial charge in [0.2, 0.25) is 5.91 Å². The fourth-order valence-electron chi connectivity index (χ4n) is 1.60. The van der Waals surface area contributed by atoms with Crippen LogP contribution in [0.2, 0.25) is 0 Å². The SMILES string of the molecule is C=CC[C@H]1S/C(=N/N=Cc2ccc(OC)cc2)NC1=O. The van der Waals surface area contributed by atoms with Crippen LogP contribution in [-0.4, -0.2) is 29.6 Å². The highest BCUT2D eigenvalue weighted by molar-refractivity contribution is 8.15. The normalized spacial score (nSPS) is 20.4. The van der Waals surface area contributed by atoms with Gasteiger partial charge in [-0.15, -0.1) is 11.7 Å². The second kappa shape index (κ2) is 6.91. The van der Waals surface area contributed by atoms with Crippen molar-refractivity contribution in [2.24, 2.45) is 10.2 Å². The number of hydrogen-bond donors (Lipinski definition) is 1. The number of rotatable bonds is 5. The summed E-state index contributed by atoms with van der Waals surface area (Å²) in [6.45, 7) is 3.63. The molecule has 0 aliphatic carbocycles. The zero-order chi connectivity index (χ0) is 14.4. The molecule has 20 heavy (non-hydrogen) atoms. The molecule has 2 rings (SSSR count). The number of ether oxygens (including phenoxy) is 1. The lowest BCUT2D eigenvalue weighted by Crippen LogP contribution is -2.24. The first kappa shape index (κ1) is 14.3. The van der Waals surface area contributed by atoms with E-state index in [1.165, 1.54) is 11.8 Å². The van der Waals surface area contributed by atoms with E-state index in [2.05, 4.69) is 22.1 Å². The maximum atomic E-state index is 11.6. The first-order chi connectivity index (χ1) is 9.72. The number of methoxy groups -OCH3 is 1. The van der Waals surface area contributed by atoms with Crippen LogP contribution in [0.1, 0.15) is 12.0 Å². The summed E-state index contributed by atoms with van der Waals surface area (Å²) in [6, 6.07) is 7.45. The Balaban J connectivity index is 1.96. The van der Waals surface area contributed by atoms with E-state index in [0.29, 0.717) is 11.6 Å². The van der Waals surface area contributed by atoms with Gasteiger partial charge in [-0.1, -0.05) is 17.8 Å². The summed E-state index contributed by atoms with van der Waals surface area (Å²) in [7, 11) is 1.62. The van der Waals surface area contributed by atoms with Gasteiger partial charge in [0.05, 0.1) is 18.6 Å². The summed E-state index contributed by atoms with van der Waals surface area (Å²) in [6.07, 6.45) is 3.97. The van der Waals surface area contributed by atoms with Gasteiger partial charge in [-0.3, -0.25) is 4.79 Å². The molecular weight excluding hydrogens is 274 g/mol. The molecule has 1 aromatic rings. The van der Waals surface area contributed by atoms with E-state index in [1.54, 1.807) is 19.4 Å². The molecule has 5 nitrogen and oxygen atoms in total. The van der Waals surface area contributed by atoms with Crippen molar-refractivity contribution in [3.63, 3.8) is 0 Å². The van der Waals surface area contributed by atoms with Gasteiger partial charge in [0, 0.05) is 0 Å². The summed E-state index contributed by atoms with van der Waals surface area (Å²) in [5.74, 6) is 0.743. The third-order valence-electron chi connectivity index (χ3n) is 2.63. The van der Waals surface area contributed by atoms with Gasteiger partial charge in [-0.2, -0.15) is 5.10 Å². The van der Waals surface area contributed by atoms with Gasteiger partial charge in [-0.25, -0.2) is 0 Å². The molecule has 1 saturated heterocycles. The smallest absolute Gasteiger partial charge is 0.239 e. The van der Waals surface area contributed by atoms with Crippen LogP contribution < -0.4 is 10.1 Å². The van der Waals surface area contributed by atoms with Crippen LogP contribution in [-0.2, 0) is 4.79 Å². The predicted molar refractivity (Wildman–Crippen MR) is 82.4 cm³/mol. The van der Waals surface area contributed by atoms with Gasteiger partial charge in [0.1, 0.15) is 5.75 Å². The highest BCUT2D eigenvalue weighted by Crippen LogP contribution is 2.22. The van der Waals surface area contributed by atoms with Crippen LogP contribution in [0.15, 0.2) is 47.1 Å². The van der Waals surface area contributed by atoms with Gasteiger partial charge >= 0.3 is 0 Å². The van der Waals surface area contributed by atoms with Crippen LogP contribution in [0.3, 0.4) is 0 Å². The number of nitrogens with zero attached hydrogens (tertiary/aromatic N) is 2. The van der Waals surface area contributed by atoms with Gasteiger partial charge in [0.25, 0.3) is 0 Å². The minimum absolute atomic E-state index is 0.0479. The van der Waals surface area contributed by atoms with Crippen molar-refractivity contribution in [2.45, 2.75) is 11.7 Å². The number of amides is 1. The summed E-state index contributed by atoms with van der Waals surface area (Å²) in [5.41, 5.74) is 0.909. The first-order valence-corrected chi connectivity index (χ1v) is 6.94. The van der Waals surface area contributed by atoms with Crippen molar-refractivity contribution in [1.29, 1.82) is 0 Å². The van der Waals surface area contributed by atoms with E-state index < -0.39 is 0 Å². The monoisotopic (exact) mass is 289 g/mol. The number of allylic oxidation sites excluding steroid dienone is 1.